The number of amides is 1. The third-order valence-corrected chi connectivity index (χ3v) is 6.90. The number of carboxylic acid groups (broad SMARTS) is 1. The monoisotopic (exact) mass is 535 g/mol. The van der Waals surface area contributed by atoms with Gasteiger partial charge in [-0.15, -0.1) is 0 Å². The van der Waals surface area contributed by atoms with Crippen LogP contribution in [0.5, 0.6) is 0 Å². The molecule has 0 aliphatic rings. The van der Waals surface area contributed by atoms with E-state index in [1.807, 2.05) is 54.6 Å². The summed E-state index contributed by atoms with van der Waals surface area (Å²) in [5.41, 5.74) is 2.74. The second kappa shape index (κ2) is 20.0. The highest BCUT2D eigenvalue weighted by atomic mass is 16.4. The molecule has 6 heteroatoms. The number of carbonyl (C=O) groups excluding carboxylic acids is 1. The Bertz CT molecular complexity index is 975. The van der Waals surface area contributed by atoms with Gasteiger partial charge in [0.1, 0.15) is 6.54 Å². The maximum absolute atomic E-state index is 13.3. The molecule has 2 rings (SSSR count). The lowest BCUT2D eigenvalue weighted by Gasteiger charge is -2.22. The SMILES string of the molecule is CCCCCCCCN(CCCCCCCC)CC(=O)Nc1ccccc1C(=NCC(=O)O)c1ccccc1. The summed E-state index contributed by atoms with van der Waals surface area (Å²) in [6, 6.07) is 17.0. The third kappa shape index (κ3) is 13.6. The predicted molar refractivity (Wildman–Crippen MR) is 163 cm³/mol. The first-order valence-electron chi connectivity index (χ1n) is 15.0. The van der Waals surface area contributed by atoms with Crippen LogP contribution in [0.15, 0.2) is 59.6 Å². The zero-order valence-electron chi connectivity index (χ0n) is 24.2. The fraction of sp³-hybridized carbons (Fsp3) is 0.545. The van der Waals surface area contributed by atoms with Gasteiger partial charge in [0.25, 0.3) is 0 Å². The van der Waals surface area contributed by atoms with E-state index in [1.54, 1.807) is 0 Å². The molecule has 0 atom stereocenters. The summed E-state index contributed by atoms with van der Waals surface area (Å²) in [5, 5.41) is 12.4. The summed E-state index contributed by atoms with van der Waals surface area (Å²) < 4.78 is 0. The summed E-state index contributed by atoms with van der Waals surface area (Å²) in [6.45, 7) is 6.36. The van der Waals surface area contributed by atoms with E-state index in [2.05, 4.69) is 29.1 Å². The molecule has 0 fully saturated rings. The molecule has 2 aromatic rings. The first kappa shape index (κ1) is 32.2. The highest BCUT2D eigenvalue weighted by molar-refractivity contribution is 6.17. The van der Waals surface area contributed by atoms with Crippen molar-refractivity contribution in [3.8, 4) is 0 Å². The molecular weight excluding hydrogens is 486 g/mol. The van der Waals surface area contributed by atoms with Gasteiger partial charge in [-0.3, -0.25) is 19.5 Å². The molecule has 2 aromatic carbocycles. The maximum Gasteiger partial charge on any atom is 0.325 e. The lowest BCUT2D eigenvalue weighted by atomic mass is 10.0. The number of nitrogens with zero attached hydrogens (tertiary/aromatic N) is 2. The minimum atomic E-state index is -0.995. The van der Waals surface area contributed by atoms with E-state index in [4.69, 9.17) is 0 Å². The molecular formula is C33H49N3O3. The van der Waals surface area contributed by atoms with Gasteiger partial charge in [-0.1, -0.05) is 127 Å². The van der Waals surface area contributed by atoms with E-state index in [0.717, 1.165) is 37.1 Å². The highest BCUT2D eigenvalue weighted by Gasteiger charge is 2.16. The predicted octanol–water partition coefficient (Wildman–Crippen LogP) is 7.57. The van der Waals surface area contributed by atoms with Gasteiger partial charge in [0.15, 0.2) is 0 Å². The van der Waals surface area contributed by atoms with Crippen LogP contribution in [0.25, 0.3) is 0 Å². The number of anilines is 1. The largest absolute Gasteiger partial charge is 0.480 e. The Morgan fingerprint density at radius 3 is 1.87 bits per heavy atom. The zero-order chi connectivity index (χ0) is 28.1. The topological polar surface area (TPSA) is 82.0 Å². The Kier molecular flexibility index (Phi) is 16.5. The smallest absolute Gasteiger partial charge is 0.325 e. The normalized spacial score (nSPS) is 11.6. The summed E-state index contributed by atoms with van der Waals surface area (Å²) in [6.07, 6.45) is 14.8. The summed E-state index contributed by atoms with van der Waals surface area (Å²) in [7, 11) is 0. The lowest BCUT2D eigenvalue weighted by molar-refractivity contribution is -0.135. The Morgan fingerprint density at radius 2 is 1.28 bits per heavy atom. The van der Waals surface area contributed by atoms with Crippen LogP contribution in [0.4, 0.5) is 5.69 Å². The van der Waals surface area contributed by atoms with Crippen LogP contribution in [0, 0.1) is 0 Å². The second-order valence-electron chi connectivity index (χ2n) is 10.3. The van der Waals surface area contributed by atoms with Crippen molar-refractivity contribution in [1.82, 2.24) is 4.90 Å². The Hall–Kier alpha value is -2.99. The zero-order valence-corrected chi connectivity index (χ0v) is 24.2. The molecule has 0 bridgehead atoms. The number of nitrogens with one attached hydrogen (secondary N) is 1. The molecule has 0 saturated heterocycles. The first-order valence-corrected chi connectivity index (χ1v) is 15.0. The van der Waals surface area contributed by atoms with E-state index in [0.29, 0.717) is 17.9 Å². The molecule has 214 valence electrons. The van der Waals surface area contributed by atoms with Gasteiger partial charge in [-0.25, -0.2) is 0 Å². The third-order valence-electron chi connectivity index (χ3n) is 6.90. The number of hydrogen-bond acceptors (Lipinski definition) is 4. The van der Waals surface area contributed by atoms with Crippen LogP contribution in [-0.2, 0) is 9.59 Å². The number of para-hydroxylation sites is 1. The van der Waals surface area contributed by atoms with Gasteiger partial charge >= 0.3 is 5.97 Å². The van der Waals surface area contributed by atoms with Crippen molar-refractivity contribution in [2.24, 2.45) is 4.99 Å². The van der Waals surface area contributed by atoms with Crippen LogP contribution >= 0.6 is 0 Å². The van der Waals surface area contributed by atoms with Crippen molar-refractivity contribution in [1.29, 1.82) is 0 Å². The van der Waals surface area contributed by atoms with Gasteiger partial charge in [-0.2, -0.15) is 0 Å². The van der Waals surface area contributed by atoms with E-state index in [9.17, 15) is 14.7 Å². The number of aliphatic imine (C=N–C) groups is 1. The number of aliphatic carboxylic acids is 1. The molecule has 0 aliphatic carbocycles. The molecule has 0 heterocycles. The number of carbonyl (C=O) groups is 2. The quantitative estimate of drug-likeness (QED) is 0.128. The average Bonchev–Trinajstić information content (AvgIpc) is 2.93. The summed E-state index contributed by atoms with van der Waals surface area (Å²) in [4.78, 5) is 31.2. The first-order chi connectivity index (χ1) is 19.0. The number of carboxylic acids is 1. The van der Waals surface area contributed by atoms with Crippen LogP contribution in [0.1, 0.15) is 102 Å². The Labute approximate surface area is 235 Å². The summed E-state index contributed by atoms with van der Waals surface area (Å²) in [5.74, 6) is -1.05. The number of hydrogen-bond donors (Lipinski definition) is 2. The molecule has 0 radical (unpaired) electrons. The van der Waals surface area contributed by atoms with Crippen molar-refractivity contribution in [3.05, 3.63) is 65.7 Å². The van der Waals surface area contributed by atoms with Crippen LogP contribution in [0.2, 0.25) is 0 Å². The van der Waals surface area contributed by atoms with Gasteiger partial charge in [0.05, 0.1) is 17.9 Å². The van der Waals surface area contributed by atoms with Crippen LogP contribution in [0.3, 0.4) is 0 Å². The molecule has 0 spiro atoms. The van der Waals surface area contributed by atoms with E-state index < -0.39 is 5.97 Å². The fourth-order valence-electron chi connectivity index (χ4n) is 4.77. The molecule has 1 amide bonds. The molecule has 0 saturated carbocycles. The molecule has 6 nitrogen and oxygen atoms in total. The minimum Gasteiger partial charge on any atom is -0.480 e. The van der Waals surface area contributed by atoms with Crippen molar-refractivity contribution < 1.29 is 14.7 Å². The van der Waals surface area contributed by atoms with Gasteiger partial charge in [0, 0.05) is 11.1 Å². The molecule has 0 aliphatic heterocycles. The number of benzene rings is 2. The van der Waals surface area contributed by atoms with E-state index >= 15 is 0 Å². The van der Waals surface area contributed by atoms with Crippen molar-refractivity contribution in [3.63, 3.8) is 0 Å². The van der Waals surface area contributed by atoms with Crippen molar-refractivity contribution >= 4 is 23.3 Å². The van der Waals surface area contributed by atoms with E-state index in [-0.39, 0.29) is 12.5 Å². The molecule has 0 unspecified atom stereocenters. The number of unbranched alkanes of at least 4 members (excludes halogenated alkanes) is 10. The number of rotatable bonds is 21. The van der Waals surface area contributed by atoms with Crippen LogP contribution < -0.4 is 5.32 Å². The van der Waals surface area contributed by atoms with Gasteiger partial charge < -0.3 is 10.4 Å². The van der Waals surface area contributed by atoms with Gasteiger partial charge in [0.2, 0.25) is 5.91 Å². The molecule has 0 aromatic heterocycles. The Balaban J connectivity index is 2.08. The second-order valence-corrected chi connectivity index (χ2v) is 10.3. The van der Waals surface area contributed by atoms with Crippen molar-refractivity contribution in [2.75, 3.05) is 31.5 Å². The lowest BCUT2D eigenvalue weighted by Crippen LogP contribution is -2.35. The van der Waals surface area contributed by atoms with Crippen LogP contribution in [-0.4, -0.2) is 53.8 Å². The molecule has 39 heavy (non-hydrogen) atoms. The highest BCUT2D eigenvalue weighted by Crippen LogP contribution is 2.21. The van der Waals surface area contributed by atoms with E-state index in [1.165, 1.54) is 64.2 Å². The standard InChI is InChI=1S/C33H49N3O3/c1-3-5-7-9-11-18-24-36(25-19-12-10-8-6-4-2)27-31(37)35-30-23-17-16-22-29(30)33(34-26-32(38)39)28-20-14-13-15-21-28/h13-17,20-23H,3-12,18-19,24-27H2,1-2H3,(H,35,37)(H,38,39). The van der Waals surface area contributed by atoms with Crippen molar-refractivity contribution in [2.45, 2.75) is 90.9 Å². The fourth-order valence-corrected chi connectivity index (χ4v) is 4.77. The maximum atomic E-state index is 13.3. The summed E-state index contributed by atoms with van der Waals surface area (Å²) >= 11 is 0. The van der Waals surface area contributed by atoms with Gasteiger partial charge in [-0.05, 0) is 32.0 Å². The minimum absolute atomic E-state index is 0.0509. The average molecular weight is 536 g/mol. The molecule has 2 N–H and O–H groups in total. The Morgan fingerprint density at radius 1 is 0.744 bits per heavy atom.